The van der Waals surface area contributed by atoms with Crippen molar-refractivity contribution in [2.75, 3.05) is 39.0 Å². The summed E-state index contributed by atoms with van der Waals surface area (Å²) in [5.41, 5.74) is 0.788. The van der Waals surface area contributed by atoms with Crippen LogP contribution in [0.3, 0.4) is 0 Å². The number of hydrogen-bond acceptors (Lipinski definition) is 4. The molecule has 0 N–H and O–H groups in total. The van der Waals surface area contributed by atoms with Gasteiger partial charge in [-0.15, -0.1) is 0 Å². The Morgan fingerprint density at radius 3 is 2.24 bits per heavy atom. The minimum Gasteiger partial charge on any atom is -0.298 e. The van der Waals surface area contributed by atoms with Gasteiger partial charge in [-0.05, 0) is 17.7 Å². The van der Waals surface area contributed by atoms with Gasteiger partial charge < -0.3 is 0 Å². The second-order valence-electron chi connectivity index (χ2n) is 5.28. The van der Waals surface area contributed by atoms with Crippen LogP contribution in [0.4, 0.5) is 4.39 Å². The number of nitrogens with zero attached hydrogens (tertiary/aromatic N) is 2. The molecule has 0 radical (unpaired) electrons. The molecule has 21 heavy (non-hydrogen) atoms. The van der Waals surface area contributed by atoms with E-state index in [0.717, 1.165) is 5.56 Å². The summed E-state index contributed by atoms with van der Waals surface area (Å²) < 4.78 is 37.0. The number of benzene rings is 1. The van der Waals surface area contributed by atoms with Gasteiger partial charge in [0.15, 0.2) is 5.78 Å². The van der Waals surface area contributed by atoms with Crippen LogP contribution in [0.1, 0.15) is 5.56 Å². The highest BCUT2D eigenvalue weighted by Crippen LogP contribution is 2.08. The predicted octanol–water partition coefficient (Wildman–Crippen LogP) is 0.515. The van der Waals surface area contributed by atoms with E-state index in [1.54, 1.807) is 12.1 Å². The lowest BCUT2D eigenvalue weighted by molar-refractivity contribution is -0.119. The minimum absolute atomic E-state index is 0.0504. The monoisotopic (exact) mass is 314 g/mol. The van der Waals surface area contributed by atoms with Crippen LogP contribution < -0.4 is 0 Å². The fourth-order valence-corrected chi connectivity index (χ4v) is 3.18. The van der Waals surface area contributed by atoms with E-state index in [9.17, 15) is 17.6 Å². The van der Waals surface area contributed by atoms with Crippen LogP contribution in [-0.4, -0.2) is 62.4 Å². The maximum atomic E-state index is 12.8. The van der Waals surface area contributed by atoms with Crippen molar-refractivity contribution in [3.05, 3.63) is 35.6 Å². The largest absolute Gasteiger partial charge is 0.298 e. The lowest BCUT2D eigenvalue weighted by atomic mass is 10.1. The molecule has 0 aliphatic carbocycles. The molecule has 1 heterocycles. The second-order valence-corrected chi connectivity index (χ2v) is 7.26. The molecule has 0 unspecified atom stereocenters. The molecular formula is C14H19FN2O3S. The molecule has 0 spiro atoms. The van der Waals surface area contributed by atoms with E-state index in [2.05, 4.69) is 0 Å². The fraction of sp³-hybridized carbons (Fsp3) is 0.500. The fourth-order valence-electron chi connectivity index (χ4n) is 2.35. The number of sulfonamides is 1. The van der Waals surface area contributed by atoms with Crippen LogP contribution >= 0.6 is 0 Å². The quantitative estimate of drug-likeness (QED) is 0.795. The normalized spacial score (nSPS) is 17.8. The van der Waals surface area contributed by atoms with E-state index in [1.165, 1.54) is 22.7 Å². The topological polar surface area (TPSA) is 57.7 Å². The molecule has 7 heteroatoms. The third-order valence-corrected chi connectivity index (χ3v) is 4.82. The number of halogens is 1. The molecule has 116 valence electrons. The Balaban J connectivity index is 1.80. The van der Waals surface area contributed by atoms with E-state index >= 15 is 0 Å². The Labute approximate surface area is 124 Å². The van der Waals surface area contributed by atoms with Crippen molar-refractivity contribution >= 4 is 15.8 Å². The summed E-state index contributed by atoms with van der Waals surface area (Å²) in [5.74, 6) is -0.266. The molecule has 0 amide bonds. The summed E-state index contributed by atoms with van der Waals surface area (Å²) in [6, 6.07) is 5.89. The molecule has 1 aliphatic rings. The van der Waals surface area contributed by atoms with Gasteiger partial charge in [0.1, 0.15) is 5.82 Å². The first-order valence-corrected chi connectivity index (χ1v) is 8.63. The van der Waals surface area contributed by atoms with Gasteiger partial charge in [-0.2, -0.15) is 4.31 Å². The highest BCUT2D eigenvalue weighted by atomic mass is 32.2. The van der Waals surface area contributed by atoms with Crippen LogP contribution in [0.2, 0.25) is 0 Å². The van der Waals surface area contributed by atoms with Gasteiger partial charge in [0, 0.05) is 32.6 Å². The third kappa shape index (κ3) is 4.87. The lowest BCUT2D eigenvalue weighted by Gasteiger charge is -2.32. The molecule has 1 aromatic carbocycles. The summed E-state index contributed by atoms with van der Waals surface area (Å²) in [6.45, 7) is 2.25. The van der Waals surface area contributed by atoms with E-state index in [4.69, 9.17) is 0 Å². The van der Waals surface area contributed by atoms with Gasteiger partial charge in [0.05, 0.1) is 12.8 Å². The lowest BCUT2D eigenvalue weighted by Crippen LogP contribution is -2.49. The Hall–Kier alpha value is -1.31. The molecule has 1 saturated heterocycles. The highest BCUT2D eigenvalue weighted by molar-refractivity contribution is 7.88. The average Bonchev–Trinajstić information content (AvgIpc) is 2.41. The summed E-state index contributed by atoms with van der Waals surface area (Å²) >= 11 is 0. The van der Waals surface area contributed by atoms with E-state index < -0.39 is 10.0 Å². The zero-order valence-electron chi connectivity index (χ0n) is 12.0. The summed E-state index contributed by atoms with van der Waals surface area (Å²) in [4.78, 5) is 13.9. The molecule has 1 aliphatic heterocycles. The Morgan fingerprint density at radius 2 is 1.71 bits per heavy atom. The van der Waals surface area contributed by atoms with Crippen molar-refractivity contribution in [3.8, 4) is 0 Å². The van der Waals surface area contributed by atoms with Gasteiger partial charge in [-0.3, -0.25) is 9.69 Å². The molecular weight excluding hydrogens is 295 g/mol. The smallest absolute Gasteiger partial charge is 0.211 e. The SMILES string of the molecule is CS(=O)(=O)N1CCN(CC(=O)Cc2ccc(F)cc2)CC1. The third-order valence-electron chi connectivity index (χ3n) is 3.51. The number of rotatable bonds is 5. The van der Waals surface area contributed by atoms with Crippen LogP contribution in [0.25, 0.3) is 0 Å². The van der Waals surface area contributed by atoms with Crippen LogP contribution in [0.5, 0.6) is 0 Å². The zero-order valence-corrected chi connectivity index (χ0v) is 12.8. The summed E-state index contributed by atoms with van der Waals surface area (Å²) in [5, 5.41) is 0. The standard InChI is InChI=1S/C14H19FN2O3S/c1-21(19,20)17-8-6-16(7-9-17)11-14(18)10-12-2-4-13(15)5-3-12/h2-5H,6-11H2,1H3. The molecule has 0 bridgehead atoms. The molecule has 1 aromatic rings. The summed E-state index contributed by atoms with van der Waals surface area (Å²) in [7, 11) is -3.14. The van der Waals surface area contributed by atoms with Crippen molar-refractivity contribution in [2.45, 2.75) is 6.42 Å². The molecule has 0 atom stereocenters. The summed E-state index contributed by atoms with van der Waals surface area (Å²) in [6.07, 6.45) is 1.47. The maximum Gasteiger partial charge on any atom is 0.211 e. The van der Waals surface area contributed by atoms with Gasteiger partial charge in [-0.1, -0.05) is 12.1 Å². The van der Waals surface area contributed by atoms with Gasteiger partial charge in [0.25, 0.3) is 0 Å². The first-order valence-electron chi connectivity index (χ1n) is 6.78. The number of Topliss-reactive ketones (excluding diaryl/α,β-unsaturated/α-hetero) is 1. The molecule has 1 fully saturated rings. The Morgan fingerprint density at radius 1 is 1.14 bits per heavy atom. The average molecular weight is 314 g/mol. The molecule has 0 saturated carbocycles. The van der Waals surface area contributed by atoms with Crippen LogP contribution in [-0.2, 0) is 21.2 Å². The van der Waals surface area contributed by atoms with Crippen molar-refractivity contribution < 1.29 is 17.6 Å². The van der Waals surface area contributed by atoms with Crippen LogP contribution in [0.15, 0.2) is 24.3 Å². The highest BCUT2D eigenvalue weighted by Gasteiger charge is 2.24. The number of hydrogen-bond donors (Lipinski definition) is 0. The number of carbonyl (C=O) groups is 1. The zero-order chi connectivity index (χ0) is 15.5. The van der Waals surface area contributed by atoms with Gasteiger partial charge in [0.2, 0.25) is 10.0 Å². The van der Waals surface area contributed by atoms with Crippen LogP contribution in [0, 0.1) is 5.82 Å². The van der Waals surface area contributed by atoms with E-state index in [0.29, 0.717) is 32.7 Å². The molecule has 5 nitrogen and oxygen atoms in total. The van der Waals surface area contributed by atoms with E-state index in [-0.39, 0.29) is 18.0 Å². The Kier molecular flexibility index (Phi) is 5.08. The van der Waals surface area contributed by atoms with Gasteiger partial charge in [-0.25, -0.2) is 12.8 Å². The number of ketones is 1. The van der Waals surface area contributed by atoms with Gasteiger partial charge >= 0.3 is 0 Å². The maximum absolute atomic E-state index is 12.8. The number of piperazine rings is 1. The first-order chi connectivity index (χ1) is 9.84. The molecule has 2 rings (SSSR count). The second kappa shape index (κ2) is 6.64. The van der Waals surface area contributed by atoms with Crippen molar-refractivity contribution in [2.24, 2.45) is 0 Å². The van der Waals surface area contributed by atoms with Crippen molar-refractivity contribution in [1.82, 2.24) is 9.21 Å². The van der Waals surface area contributed by atoms with Crippen molar-refractivity contribution in [1.29, 1.82) is 0 Å². The van der Waals surface area contributed by atoms with E-state index in [1.807, 2.05) is 4.90 Å². The predicted molar refractivity (Wildman–Crippen MR) is 78.0 cm³/mol. The first kappa shape index (κ1) is 16.1. The van der Waals surface area contributed by atoms with Crippen molar-refractivity contribution in [3.63, 3.8) is 0 Å². The minimum atomic E-state index is -3.14. The molecule has 0 aromatic heterocycles. The Bertz CT molecular complexity index is 593. The number of carbonyl (C=O) groups excluding carboxylic acids is 1.